The predicted molar refractivity (Wildman–Crippen MR) is 122 cm³/mol. The van der Waals surface area contributed by atoms with Gasteiger partial charge in [0, 0.05) is 56.9 Å². The summed E-state index contributed by atoms with van der Waals surface area (Å²) in [6, 6.07) is 8.34. The fourth-order valence-electron chi connectivity index (χ4n) is 4.06. The smallest absolute Gasteiger partial charge is 0.191 e. The van der Waals surface area contributed by atoms with Gasteiger partial charge in [-0.1, -0.05) is 23.7 Å². The molecular formula is C22H36ClN5O2. The Labute approximate surface area is 185 Å². The van der Waals surface area contributed by atoms with Crippen LogP contribution in [0.2, 0.25) is 5.02 Å². The van der Waals surface area contributed by atoms with Crippen LogP contribution in [0.5, 0.6) is 0 Å². The number of ether oxygens (including phenoxy) is 2. The molecule has 0 saturated carbocycles. The maximum Gasteiger partial charge on any atom is 0.191 e. The molecular weight excluding hydrogens is 402 g/mol. The third kappa shape index (κ3) is 6.56. The number of nitrogens with one attached hydrogen (secondary N) is 2. The maximum absolute atomic E-state index is 6.28. The molecule has 168 valence electrons. The molecule has 7 nitrogen and oxygen atoms in total. The molecule has 1 aromatic carbocycles. The Balaban J connectivity index is 1.60. The van der Waals surface area contributed by atoms with Crippen molar-refractivity contribution in [3.8, 4) is 0 Å². The fourth-order valence-corrected chi connectivity index (χ4v) is 4.25. The first kappa shape index (κ1) is 23.3. The van der Waals surface area contributed by atoms with E-state index in [2.05, 4.69) is 51.4 Å². The molecule has 0 amide bonds. The Hall–Kier alpha value is -1.38. The van der Waals surface area contributed by atoms with Crippen LogP contribution < -0.4 is 10.6 Å². The van der Waals surface area contributed by atoms with Crippen molar-refractivity contribution in [2.24, 2.45) is 4.99 Å². The van der Waals surface area contributed by atoms with Crippen LogP contribution in [0.15, 0.2) is 29.3 Å². The number of guanidine groups is 1. The summed E-state index contributed by atoms with van der Waals surface area (Å²) in [7, 11) is 1.82. The van der Waals surface area contributed by atoms with Gasteiger partial charge in [-0.25, -0.2) is 0 Å². The molecule has 2 aliphatic heterocycles. The van der Waals surface area contributed by atoms with Crippen LogP contribution in [0.4, 0.5) is 0 Å². The Kier molecular flexibility index (Phi) is 8.77. The molecule has 30 heavy (non-hydrogen) atoms. The number of benzene rings is 1. The van der Waals surface area contributed by atoms with Gasteiger partial charge >= 0.3 is 0 Å². The first-order valence-corrected chi connectivity index (χ1v) is 11.2. The topological polar surface area (TPSA) is 61.4 Å². The summed E-state index contributed by atoms with van der Waals surface area (Å²) in [5, 5.41) is 7.81. The highest BCUT2D eigenvalue weighted by Crippen LogP contribution is 2.24. The van der Waals surface area contributed by atoms with Crippen LogP contribution in [0.1, 0.15) is 25.5 Å². The van der Waals surface area contributed by atoms with E-state index in [9.17, 15) is 0 Å². The minimum Gasteiger partial charge on any atom is -0.379 e. The predicted octanol–water partition coefficient (Wildman–Crippen LogP) is 1.99. The third-order valence-electron chi connectivity index (χ3n) is 5.96. The summed E-state index contributed by atoms with van der Waals surface area (Å²) < 4.78 is 11.0. The van der Waals surface area contributed by atoms with Gasteiger partial charge in [0.15, 0.2) is 5.96 Å². The second-order valence-corrected chi connectivity index (χ2v) is 8.87. The highest BCUT2D eigenvalue weighted by molar-refractivity contribution is 6.30. The van der Waals surface area contributed by atoms with E-state index in [1.807, 2.05) is 19.2 Å². The number of hydrogen-bond donors (Lipinski definition) is 2. The highest BCUT2D eigenvalue weighted by atomic mass is 35.5. The zero-order valence-corrected chi connectivity index (χ0v) is 19.2. The molecule has 0 bridgehead atoms. The van der Waals surface area contributed by atoms with Gasteiger partial charge < -0.3 is 20.1 Å². The van der Waals surface area contributed by atoms with Gasteiger partial charge in [0.1, 0.15) is 0 Å². The summed E-state index contributed by atoms with van der Waals surface area (Å²) in [6.07, 6.45) is 0. The van der Waals surface area contributed by atoms with E-state index in [1.165, 1.54) is 5.56 Å². The number of rotatable bonds is 7. The molecule has 1 unspecified atom stereocenters. The number of halogens is 1. The van der Waals surface area contributed by atoms with Crippen molar-refractivity contribution in [1.29, 1.82) is 0 Å². The van der Waals surface area contributed by atoms with E-state index in [0.717, 1.165) is 76.7 Å². The number of morpholine rings is 2. The van der Waals surface area contributed by atoms with E-state index in [4.69, 9.17) is 21.1 Å². The summed E-state index contributed by atoms with van der Waals surface area (Å²) in [4.78, 5) is 9.37. The summed E-state index contributed by atoms with van der Waals surface area (Å²) in [6.45, 7) is 13.0. The van der Waals surface area contributed by atoms with Gasteiger partial charge in [0.05, 0.1) is 32.5 Å². The highest BCUT2D eigenvalue weighted by Gasteiger charge is 2.28. The lowest BCUT2D eigenvalue weighted by atomic mass is 10.0. The molecule has 1 aromatic rings. The van der Waals surface area contributed by atoms with Crippen molar-refractivity contribution in [3.05, 3.63) is 34.9 Å². The molecule has 2 aliphatic rings. The van der Waals surface area contributed by atoms with Crippen molar-refractivity contribution in [3.63, 3.8) is 0 Å². The summed E-state index contributed by atoms with van der Waals surface area (Å²) >= 11 is 6.28. The van der Waals surface area contributed by atoms with Gasteiger partial charge in [-0.15, -0.1) is 0 Å². The summed E-state index contributed by atoms with van der Waals surface area (Å²) in [5.41, 5.74) is 1.24. The maximum atomic E-state index is 6.28. The van der Waals surface area contributed by atoms with Crippen LogP contribution in [0, 0.1) is 0 Å². The van der Waals surface area contributed by atoms with E-state index in [0.29, 0.717) is 0 Å². The first-order chi connectivity index (χ1) is 14.5. The first-order valence-electron chi connectivity index (χ1n) is 10.8. The molecule has 2 fully saturated rings. The third-order valence-corrected chi connectivity index (χ3v) is 6.20. The fraction of sp³-hybridized carbons (Fsp3) is 0.682. The second-order valence-electron chi connectivity index (χ2n) is 8.44. The molecule has 0 spiro atoms. The van der Waals surface area contributed by atoms with Crippen molar-refractivity contribution in [2.75, 3.05) is 72.7 Å². The van der Waals surface area contributed by atoms with Crippen molar-refractivity contribution in [1.82, 2.24) is 20.4 Å². The second kappa shape index (κ2) is 11.3. The molecule has 2 N–H and O–H groups in total. The van der Waals surface area contributed by atoms with Crippen molar-refractivity contribution >= 4 is 17.6 Å². The SMILES string of the molecule is CN=C(NCC(c1cccc(Cl)c1)N1CCOCC1)NCC(C)(C)N1CCOCC1. The van der Waals surface area contributed by atoms with Crippen LogP contribution in [0.3, 0.4) is 0 Å². The average Bonchev–Trinajstić information content (AvgIpc) is 2.77. The zero-order valence-electron chi connectivity index (χ0n) is 18.5. The monoisotopic (exact) mass is 437 g/mol. The Morgan fingerprint density at radius 1 is 1.10 bits per heavy atom. The lowest BCUT2D eigenvalue weighted by Gasteiger charge is -2.41. The van der Waals surface area contributed by atoms with Gasteiger partial charge in [-0.05, 0) is 31.5 Å². The Morgan fingerprint density at radius 2 is 1.77 bits per heavy atom. The Morgan fingerprint density at radius 3 is 2.40 bits per heavy atom. The van der Waals surface area contributed by atoms with Gasteiger partial charge in [0.25, 0.3) is 0 Å². The average molecular weight is 438 g/mol. The minimum absolute atomic E-state index is 0.0258. The largest absolute Gasteiger partial charge is 0.379 e. The molecule has 8 heteroatoms. The number of nitrogens with zero attached hydrogens (tertiary/aromatic N) is 3. The van der Waals surface area contributed by atoms with Gasteiger partial charge in [-0.3, -0.25) is 14.8 Å². The number of hydrogen-bond acceptors (Lipinski definition) is 5. The molecule has 1 atom stereocenters. The quantitative estimate of drug-likeness (QED) is 0.502. The summed E-state index contributed by atoms with van der Waals surface area (Å²) in [5.74, 6) is 0.816. The van der Waals surface area contributed by atoms with Gasteiger partial charge in [-0.2, -0.15) is 0 Å². The van der Waals surface area contributed by atoms with E-state index in [-0.39, 0.29) is 11.6 Å². The minimum atomic E-state index is 0.0258. The van der Waals surface area contributed by atoms with Crippen LogP contribution in [-0.2, 0) is 9.47 Å². The van der Waals surface area contributed by atoms with Crippen LogP contribution in [0.25, 0.3) is 0 Å². The standard InChI is InChI=1S/C22H36ClN5O2/c1-22(2,28-9-13-30-14-10-28)17-26-21(24-3)25-16-20(27-7-11-29-12-8-27)18-5-4-6-19(23)15-18/h4-6,15,20H,7-14,16-17H2,1-3H3,(H2,24,25,26). The molecule has 0 radical (unpaired) electrons. The molecule has 3 rings (SSSR count). The normalized spacial score (nSPS) is 20.7. The molecule has 2 saturated heterocycles. The van der Waals surface area contributed by atoms with Crippen LogP contribution in [-0.4, -0.2) is 94.0 Å². The van der Waals surface area contributed by atoms with Crippen molar-refractivity contribution < 1.29 is 9.47 Å². The molecule has 0 aliphatic carbocycles. The number of aliphatic imine (C=N–C) groups is 1. The van der Waals surface area contributed by atoms with Gasteiger partial charge in [0.2, 0.25) is 0 Å². The zero-order chi connectivity index (χ0) is 21.4. The Bertz CT molecular complexity index is 688. The van der Waals surface area contributed by atoms with E-state index < -0.39 is 0 Å². The molecule has 2 heterocycles. The van der Waals surface area contributed by atoms with E-state index in [1.54, 1.807) is 0 Å². The van der Waals surface area contributed by atoms with E-state index >= 15 is 0 Å². The molecule has 0 aromatic heterocycles. The van der Waals surface area contributed by atoms with Crippen LogP contribution >= 0.6 is 11.6 Å². The van der Waals surface area contributed by atoms with Crippen molar-refractivity contribution in [2.45, 2.75) is 25.4 Å². The lowest BCUT2D eigenvalue weighted by molar-refractivity contribution is -0.00836. The lowest BCUT2D eigenvalue weighted by Crippen LogP contribution is -2.57.